The Morgan fingerprint density at radius 3 is 3.00 bits per heavy atom. The number of rotatable bonds is 1. The van der Waals surface area contributed by atoms with E-state index < -0.39 is 0 Å². The number of nitrogens with zero attached hydrogens (tertiary/aromatic N) is 2. The molecule has 108 valence electrons. The third-order valence-corrected chi connectivity index (χ3v) is 5.34. The van der Waals surface area contributed by atoms with Crippen LogP contribution in [0.4, 0.5) is 5.69 Å². The van der Waals surface area contributed by atoms with Crippen LogP contribution >= 0.6 is 15.9 Å². The molecule has 0 spiro atoms. The average Bonchev–Trinajstić information content (AvgIpc) is 2.87. The van der Waals surface area contributed by atoms with Crippen LogP contribution in [0.3, 0.4) is 0 Å². The Balaban J connectivity index is 1.84. The lowest BCUT2D eigenvalue weighted by Crippen LogP contribution is -2.56. The second-order valence-corrected chi connectivity index (χ2v) is 6.60. The Labute approximate surface area is 128 Å². The number of hydrogen-bond donors (Lipinski definition) is 1. The van der Waals surface area contributed by atoms with E-state index in [0.717, 1.165) is 13.1 Å². The third-order valence-electron chi connectivity index (χ3n) is 4.46. The number of carbonyl (C=O) groups is 1. The zero-order valence-corrected chi connectivity index (χ0v) is 13.3. The van der Waals surface area contributed by atoms with Gasteiger partial charge in [-0.1, -0.05) is 6.07 Å². The molecule has 2 fully saturated rings. The van der Waals surface area contributed by atoms with Gasteiger partial charge in [0.2, 0.25) is 0 Å². The summed E-state index contributed by atoms with van der Waals surface area (Å²) in [5, 5.41) is 0. The topological polar surface area (TPSA) is 49.6 Å². The molecular formula is C15H20BrN3O. The fraction of sp³-hybridized carbons (Fsp3) is 0.533. The normalized spacial score (nSPS) is 26.6. The Kier molecular flexibility index (Phi) is 3.73. The van der Waals surface area contributed by atoms with Crippen LogP contribution in [0.25, 0.3) is 0 Å². The Morgan fingerprint density at radius 1 is 1.40 bits per heavy atom. The Bertz CT molecular complexity index is 534. The molecule has 20 heavy (non-hydrogen) atoms. The lowest BCUT2D eigenvalue weighted by Gasteiger charge is -2.42. The monoisotopic (exact) mass is 337 g/mol. The van der Waals surface area contributed by atoms with Crippen molar-refractivity contribution in [2.45, 2.75) is 31.8 Å². The van der Waals surface area contributed by atoms with Crippen molar-refractivity contribution in [1.82, 2.24) is 9.80 Å². The summed E-state index contributed by atoms with van der Waals surface area (Å²) in [6.45, 7) is 5.13. The van der Waals surface area contributed by atoms with E-state index in [-0.39, 0.29) is 11.9 Å². The number of hydrogen-bond acceptors (Lipinski definition) is 3. The molecule has 2 aliphatic heterocycles. The standard InChI is InChI=1S/C15H20BrN3O/c1-10-8-18-7-3-4-11(18)9-19(10)15(20)12-5-2-6-13(17)14(12)16/h2,5-6,10-11H,3-4,7-9,17H2,1H3. The van der Waals surface area contributed by atoms with Gasteiger partial charge in [0, 0.05) is 30.9 Å². The van der Waals surface area contributed by atoms with Crippen molar-refractivity contribution < 1.29 is 4.79 Å². The van der Waals surface area contributed by atoms with Crippen LogP contribution in [-0.4, -0.2) is 47.4 Å². The van der Waals surface area contributed by atoms with Crippen molar-refractivity contribution in [1.29, 1.82) is 0 Å². The van der Waals surface area contributed by atoms with Crippen molar-refractivity contribution in [3.8, 4) is 0 Å². The average molecular weight is 338 g/mol. The molecule has 5 heteroatoms. The van der Waals surface area contributed by atoms with Crippen LogP contribution in [0.2, 0.25) is 0 Å². The highest BCUT2D eigenvalue weighted by molar-refractivity contribution is 9.10. The molecule has 2 saturated heterocycles. The van der Waals surface area contributed by atoms with Crippen molar-refractivity contribution in [3.63, 3.8) is 0 Å². The molecule has 1 aromatic carbocycles. The van der Waals surface area contributed by atoms with Gasteiger partial charge in [-0.05, 0) is 54.4 Å². The minimum Gasteiger partial charge on any atom is -0.398 e. The van der Waals surface area contributed by atoms with Gasteiger partial charge in [-0.2, -0.15) is 0 Å². The summed E-state index contributed by atoms with van der Waals surface area (Å²) in [4.78, 5) is 17.3. The number of anilines is 1. The molecule has 2 N–H and O–H groups in total. The smallest absolute Gasteiger partial charge is 0.255 e. The van der Waals surface area contributed by atoms with Gasteiger partial charge in [-0.25, -0.2) is 0 Å². The van der Waals surface area contributed by atoms with Gasteiger partial charge in [0.05, 0.1) is 10.0 Å². The first kappa shape index (κ1) is 13.9. The van der Waals surface area contributed by atoms with Gasteiger partial charge in [-0.3, -0.25) is 9.69 Å². The molecule has 4 nitrogen and oxygen atoms in total. The van der Waals surface area contributed by atoms with Gasteiger partial charge in [-0.15, -0.1) is 0 Å². The number of halogens is 1. The van der Waals surface area contributed by atoms with Crippen LogP contribution in [-0.2, 0) is 0 Å². The van der Waals surface area contributed by atoms with Crippen LogP contribution in [0.15, 0.2) is 22.7 Å². The molecule has 1 amide bonds. The van der Waals surface area contributed by atoms with Crippen LogP contribution in [0.5, 0.6) is 0 Å². The highest BCUT2D eigenvalue weighted by atomic mass is 79.9. The Morgan fingerprint density at radius 2 is 2.20 bits per heavy atom. The van der Waals surface area contributed by atoms with E-state index in [1.807, 2.05) is 17.0 Å². The molecular weight excluding hydrogens is 318 g/mol. The van der Waals surface area contributed by atoms with E-state index in [1.165, 1.54) is 19.4 Å². The zero-order valence-electron chi connectivity index (χ0n) is 11.7. The van der Waals surface area contributed by atoms with Crippen molar-refractivity contribution in [3.05, 3.63) is 28.2 Å². The SMILES string of the molecule is CC1CN2CCCC2CN1C(=O)c1cccc(N)c1Br. The van der Waals surface area contributed by atoms with Gasteiger partial charge >= 0.3 is 0 Å². The number of fused-ring (bicyclic) bond motifs is 1. The molecule has 2 unspecified atom stereocenters. The second-order valence-electron chi connectivity index (χ2n) is 5.81. The fourth-order valence-corrected chi connectivity index (χ4v) is 3.77. The highest BCUT2D eigenvalue weighted by Gasteiger charge is 2.37. The molecule has 0 bridgehead atoms. The van der Waals surface area contributed by atoms with Gasteiger partial charge in [0.25, 0.3) is 5.91 Å². The van der Waals surface area contributed by atoms with E-state index >= 15 is 0 Å². The molecule has 1 aromatic rings. The fourth-order valence-electron chi connectivity index (χ4n) is 3.34. The molecule has 0 aromatic heterocycles. The van der Waals surface area contributed by atoms with Gasteiger partial charge < -0.3 is 10.6 Å². The summed E-state index contributed by atoms with van der Waals surface area (Å²) in [5.41, 5.74) is 7.17. The third kappa shape index (κ3) is 2.33. The lowest BCUT2D eigenvalue weighted by atomic mass is 10.1. The first-order valence-electron chi connectivity index (χ1n) is 7.17. The lowest BCUT2D eigenvalue weighted by molar-refractivity contribution is 0.0395. The number of nitrogens with two attached hydrogens (primary N) is 1. The summed E-state index contributed by atoms with van der Waals surface area (Å²) < 4.78 is 0.714. The first-order chi connectivity index (χ1) is 9.58. The van der Waals surface area contributed by atoms with Crippen molar-refractivity contribution in [2.75, 3.05) is 25.4 Å². The van der Waals surface area contributed by atoms with Crippen LogP contribution < -0.4 is 5.73 Å². The molecule has 3 rings (SSSR count). The van der Waals surface area contributed by atoms with E-state index in [4.69, 9.17) is 5.73 Å². The predicted octanol–water partition coefficient (Wildman–Crippen LogP) is 2.34. The molecule has 0 aliphatic carbocycles. The number of nitrogen functional groups attached to an aromatic ring is 1. The highest BCUT2D eigenvalue weighted by Crippen LogP contribution is 2.29. The molecule has 2 atom stereocenters. The quantitative estimate of drug-likeness (QED) is 0.800. The first-order valence-corrected chi connectivity index (χ1v) is 7.96. The number of benzene rings is 1. The van der Waals surface area contributed by atoms with Gasteiger partial charge in [0.1, 0.15) is 0 Å². The molecule has 0 radical (unpaired) electrons. The number of carbonyl (C=O) groups excluding carboxylic acids is 1. The summed E-state index contributed by atoms with van der Waals surface area (Å²) >= 11 is 3.44. The maximum absolute atomic E-state index is 12.8. The van der Waals surface area contributed by atoms with Crippen LogP contribution in [0.1, 0.15) is 30.1 Å². The second kappa shape index (κ2) is 5.37. The maximum atomic E-state index is 12.8. The van der Waals surface area contributed by atoms with Gasteiger partial charge in [0.15, 0.2) is 0 Å². The molecule has 0 saturated carbocycles. The van der Waals surface area contributed by atoms with E-state index in [9.17, 15) is 4.79 Å². The van der Waals surface area contributed by atoms with Crippen molar-refractivity contribution in [2.24, 2.45) is 0 Å². The minimum absolute atomic E-state index is 0.0863. The summed E-state index contributed by atoms with van der Waals surface area (Å²) in [6, 6.07) is 6.28. The van der Waals surface area contributed by atoms with E-state index in [2.05, 4.69) is 27.8 Å². The molecule has 2 aliphatic rings. The van der Waals surface area contributed by atoms with E-state index in [0.29, 0.717) is 21.8 Å². The predicted molar refractivity (Wildman–Crippen MR) is 83.6 cm³/mol. The van der Waals surface area contributed by atoms with E-state index in [1.54, 1.807) is 6.07 Å². The number of piperazine rings is 1. The summed E-state index contributed by atoms with van der Waals surface area (Å²) in [7, 11) is 0. The number of amides is 1. The zero-order chi connectivity index (χ0) is 14.3. The Hall–Kier alpha value is -1.07. The van der Waals surface area contributed by atoms with Crippen molar-refractivity contribution >= 4 is 27.5 Å². The summed E-state index contributed by atoms with van der Waals surface area (Å²) in [6.07, 6.45) is 2.45. The van der Waals surface area contributed by atoms with Crippen LogP contribution in [0, 0.1) is 0 Å². The largest absolute Gasteiger partial charge is 0.398 e. The minimum atomic E-state index is 0.0863. The maximum Gasteiger partial charge on any atom is 0.255 e. The summed E-state index contributed by atoms with van der Waals surface area (Å²) in [5.74, 6) is 0.0863. The molecule has 2 heterocycles.